The van der Waals surface area contributed by atoms with E-state index >= 15 is 0 Å². The maximum Gasteiger partial charge on any atom is 0.180 e. The van der Waals surface area contributed by atoms with Crippen LogP contribution in [-0.4, -0.2) is 14.5 Å². The van der Waals surface area contributed by atoms with Crippen LogP contribution in [0.2, 0.25) is 0 Å². The lowest BCUT2D eigenvalue weighted by Crippen LogP contribution is -1.92. The first kappa shape index (κ1) is 16.3. The molecule has 134 valence electrons. The van der Waals surface area contributed by atoms with Crippen LogP contribution in [0.5, 0.6) is 0 Å². The average molecular weight is 392 g/mol. The molecule has 2 aromatic carbocycles. The molecule has 0 unspecified atom stereocenters. The highest BCUT2D eigenvalue weighted by Crippen LogP contribution is 2.35. The Balaban J connectivity index is 1.78. The van der Waals surface area contributed by atoms with E-state index in [0.717, 1.165) is 29.1 Å². The molecule has 0 atom stereocenters. The van der Waals surface area contributed by atoms with Crippen LogP contribution in [0.25, 0.3) is 44.3 Å². The summed E-state index contributed by atoms with van der Waals surface area (Å²) in [6.07, 6.45) is 0. The lowest BCUT2D eigenvalue weighted by atomic mass is 10.1. The third-order valence-electron chi connectivity index (χ3n) is 4.82. The number of nitrogen functional groups attached to an aromatic ring is 2. The molecule has 0 radical (unpaired) electrons. The molecule has 5 nitrogen and oxygen atoms in total. The minimum absolute atomic E-state index is 0.587. The van der Waals surface area contributed by atoms with Gasteiger partial charge in [-0.25, -0.2) is 9.97 Å². The molecule has 0 spiro atoms. The summed E-state index contributed by atoms with van der Waals surface area (Å²) in [5.74, 6) is 0. The first-order valence-corrected chi connectivity index (χ1v) is 10.4. The van der Waals surface area contributed by atoms with Crippen LogP contribution in [0.3, 0.4) is 0 Å². The van der Waals surface area contributed by atoms with Gasteiger partial charge in [-0.05, 0) is 31.2 Å². The van der Waals surface area contributed by atoms with Crippen LogP contribution >= 0.6 is 22.7 Å². The predicted octanol–water partition coefficient (Wildman–Crippen LogP) is 5.23. The van der Waals surface area contributed by atoms with Gasteiger partial charge in [-0.3, -0.25) is 0 Å². The van der Waals surface area contributed by atoms with E-state index < -0.39 is 0 Å². The Morgan fingerprint density at radius 3 is 1.67 bits per heavy atom. The summed E-state index contributed by atoms with van der Waals surface area (Å²) in [5, 5.41) is 7.59. The van der Waals surface area contributed by atoms with Crippen molar-refractivity contribution in [1.82, 2.24) is 14.5 Å². The molecule has 0 saturated carbocycles. The number of fused-ring (bicyclic) bond motifs is 3. The van der Waals surface area contributed by atoms with E-state index in [0.29, 0.717) is 10.3 Å². The number of rotatable bonds is 3. The Hall–Kier alpha value is -2.90. The van der Waals surface area contributed by atoms with Gasteiger partial charge in [0.15, 0.2) is 10.3 Å². The van der Waals surface area contributed by atoms with Crippen LogP contribution < -0.4 is 11.5 Å². The lowest BCUT2D eigenvalue weighted by molar-refractivity contribution is 0.827. The molecule has 5 rings (SSSR count). The van der Waals surface area contributed by atoms with Crippen molar-refractivity contribution >= 4 is 54.7 Å². The predicted molar refractivity (Wildman–Crippen MR) is 116 cm³/mol. The molecular formula is C20H17N5S2. The quantitative estimate of drug-likeness (QED) is 0.441. The highest BCUT2D eigenvalue weighted by molar-refractivity contribution is 7.14. The summed E-state index contributed by atoms with van der Waals surface area (Å²) in [6, 6.07) is 13.0. The van der Waals surface area contributed by atoms with Gasteiger partial charge < -0.3 is 16.0 Å². The van der Waals surface area contributed by atoms with Crippen molar-refractivity contribution in [2.24, 2.45) is 0 Å². The van der Waals surface area contributed by atoms with Crippen molar-refractivity contribution in [1.29, 1.82) is 0 Å². The minimum Gasteiger partial charge on any atom is -0.375 e. The fourth-order valence-electron chi connectivity index (χ4n) is 3.60. The summed E-state index contributed by atoms with van der Waals surface area (Å²) in [5.41, 5.74) is 18.1. The molecule has 0 bridgehead atoms. The van der Waals surface area contributed by atoms with Crippen molar-refractivity contribution in [3.05, 3.63) is 47.2 Å². The average Bonchev–Trinajstić information content (AvgIpc) is 3.38. The van der Waals surface area contributed by atoms with Gasteiger partial charge in [0.1, 0.15) is 0 Å². The van der Waals surface area contributed by atoms with Crippen molar-refractivity contribution in [2.75, 3.05) is 11.5 Å². The Morgan fingerprint density at radius 2 is 1.30 bits per heavy atom. The number of nitrogens with zero attached hydrogens (tertiary/aromatic N) is 3. The van der Waals surface area contributed by atoms with E-state index in [4.69, 9.17) is 11.5 Å². The van der Waals surface area contributed by atoms with Gasteiger partial charge in [-0.2, -0.15) is 0 Å². The number of anilines is 2. The summed E-state index contributed by atoms with van der Waals surface area (Å²) in [4.78, 5) is 8.86. The molecule has 0 saturated heterocycles. The Kier molecular flexibility index (Phi) is 3.66. The number of aryl methyl sites for hydroxylation is 1. The van der Waals surface area contributed by atoms with Crippen LogP contribution in [0.4, 0.5) is 10.3 Å². The highest BCUT2D eigenvalue weighted by atomic mass is 32.1. The van der Waals surface area contributed by atoms with Crippen LogP contribution in [0.1, 0.15) is 6.92 Å². The van der Waals surface area contributed by atoms with Gasteiger partial charge in [0.2, 0.25) is 0 Å². The number of thiazole rings is 2. The zero-order valence-electron chi connectivity index (χ0n) is 14.6. The largest absolute Gasteiger partial charge is 0.375 e. The van der Waals surface area contributed by atoms with E-state index in [9.17, 15) is 0 Å². The zero-order valence-corrected chi connectivity index (χ0v) is 16.3. The summed E-state index contributed by atoms with van der Waals surface area (Å²) < 4.78 is 2.34. The highest BCUT2D eigenvalue weighted by Gasteiger charge is 2.13. The Bertz CT molecular complexity index is 1200. The molecule has 0 aliphatic rings. The Morgan fingerprint density at radius 1 is 0.815 bits per heavy atom. The number of nitrogens with two attached hydrogens (primary N) is 2. The molecular weight excluding hydrogens is 374 g/mol. The zero-order chi connectivity index (χ0) is 18.5. The van der Waals surface area contributed by atoms with Crippen LogP contribution in [-0.2, 0) is 6.54 Å². The van der Waals surface area contributed by atoms with E-state index in [1.165, 1.54) is 44.5 Å². The van der Waals surface area contributed by atoms with Gasteiger partial charge >= 0.3 is 0 Å². The topological polar surface area (TPSA) is 82.8 Å². The van der Waals surface area contributed by atoms with Crippen molar-refractivity contribution in [3.63, 3.8) is 0 Å². The van der Waals surface area contributed by atoms with E-state index in [1.54, 1.807) is 0 Å². The fourth-order valence-corrected chi connectivity index (χ4v) is 4.75. The number of hydrogen-bond acceptors (Lipinski definition) is 6. The number of aromatic nitrogens is 3. The normalized spacial score (nSPS) is 11.6. The third kappa shape index (κ3) is 2.58. The molecule has 0 aliphatic carbocycles. The molecule has 0 amide bonds. The first-order valence-electron chi connectivity index (χ1n) is 8.63. The Labute approximate surface area is 163 Å². The maximum absolute atomic E-state index is 5.82. The van der Waals surface area contributed by atoms with Crippen molar-refractivity contribution in [2.45, 2.75) is 13.5 Å². The standard InChI is InChI=1S/C20H17N5S2/c1-2-25-17-5-3-11(15-9-26-19(21)23-15)7-13(17)14-8-12(4-6-18(14)25)16-10-27-20(22)24-16/h3-10H,2H2,1H3,(H2,21,23)(H2,22,24). The van der Waals surface area contributed by atoms with Crippen LogP contribution in [0.15, 0.2) is 47.2 Å². The van der Waals surface area contributed by atoms with Gasteiger partial charge in [-0.15, -0.1) is 22.7 Å². The smallest absolute Gasteiger partial charge is 0.180 e. The summed E-state index contributed by atoms with van der Waals surface area (Å²) in [7, 11) is 0. The molecule has 7 heteroatoms. The van der Waals surface area contributed by atoms with Crippen molar-refractivity contribution < 1.29 is 0 Å². The van der Waals surface area contributed by atoms with E-state index in [2.05, 4.69) is 57.9 Å². The van der Waals surface area contributed by atoms with Crippen LogP contribution in [0, 0.1) is 0 Å². The third-order valence-corrected chi connectivity index (χ3v) is 6.16. The molecule has 3 aromatic heterocycles. The van der Waals surface area contributed by atoms with Gasteiger partial charge in [0.25, 0.3) is 0 Å². The number of hydrogen-bond donors (Lipinski definition) is 2. The second kappa shape index (κ2) is 6.07. The van der Waals surface area contributed by atoms with Crippen molar-refractivity contribution in [3.8, 4) is 22.5 Å². The number of benzene rings is 2. The molecule has 0 aliphatic heterocycles. The summed E-state index contributed by atoms with van der Waals surface area (Å²) in [6.45, 7) is 3.08. The lowest BCUT2D eigenvalue weighted by Gasteiger charge is -2.03. The maximum atomic E-state index is 5.82. The molecule has 27 heavy (non-hydrogen) atoms. The van der Waals surface area contributed by atoms with Gasteiger partial charge in [0.05, 0.1) is 11.4 Å². The summed E-state index contributed by atoms with van der Waals surface area (Å²) >= 11 is 2.93. The van der Waals surface area contributed by atoms with E-state index in [-0.39, 0.29) is 0 Å². The van der Waals surface area contributed by atoms with E-state index in [1.807, 2.05) is 10.8 Å². The SMILES string of the molecule is CCn1c2ccc(-c3csc(N)n3)cc2c2cc(-c3csc(N)n3)ccc21. The first-order chi connectivity index (χ1) is 13.1. The monoisotopic (exact) mass is 391 g/mol. The van der Waals surface area contributed by atoms with Gasteiger partial charge in [0, 0.05) is 50.2 Å². The second-order valence-corrected chi connectivity index (χ2v) is 8.13. The molecule has 3 heterocycles. The van der Waals surface area contributed by atoms with Gasteiger partial charge in [-0.1, -0.05) is 12.1 Å². The molecule has 0 fully saturated rings. The fraction of sp³-hybridized carbons (Fsp3) is 0.100. The molecule has 4 N–H and O–H groups in total. The second-order valence-electron chi connectivity index (χ2n) is 6.35. The molecule has 5 aromatic rings. The minimum atomic E-state index is 0.587.